The van der Waals surface area contributed by atoms with Crippen LogP contribution in [0.4, 0.5) is 4.79 Å². The van der Waals surface area contributed by atoms with Gasteiger partial charge in [0.1, 0.15) is 0 Å². The Morgan fingerprint density at radius 3 is 2.53 bits per heavy atom. The molecule has 0 unspecified atom stereocenters. The maximum absolute atomic E-state index is 11.7. The predicted molar refractivity (Wildman–Crippen MR) is 70.9 cm³/mol. The van der Waals surface area contributed by atoms with E-state index in [4.69, 9.17) is 9.47 Å². The van der Waals surface area contributed by atoms with Gasteiger partial charge in [-0.25, -0.2) is 15.0 Å². The van der Waals surface area contributed by atoms with Crippen LogP contribution in [0.25, 0.3) is 0 Å². The summed E-state index contributed by atoms with van der Waals surface area (Å²) in [7, 11) is 0. The molecule has 6 heteroatoms. The maximum atomic E-state index is 11.7. The molecule has 0 saturated heterocycles. The van der Waals surface area contributed by atoms with Crippen molar-refractivity contribution in [3.05, 3.63) is 23.0 Å². The van der Waals surface area contributed by atoms with Crippen molar-refractivity contribution < 1.29 is 19.1 Å². The van der Waals surface area contributed by atoms with E-state index in [0.29, 0.717) is 24.5 Å². The molecule has 0 atom stereocenters. The second-order valence-electron chi connectivity index (χ2n) is 4.09. The van der Waals surface area contributed by atoms with E-state index in [1.54, 1.807) is 26.8 Å². The SMILES string of the molecule is CCCOC(=O)Nn1c(C)cc(C(=O)OCC)c1C. The van der Waals surface area contributed by atoms with Crippen molar-refractivity contribution in [1.29, 1.82) is 0 Å². The molecule has 19 heavy (non-hydrogen) atoms. The summed E-state index contributed by atoms with van der Waals surface area (Å²) in [6, 6.07) is 1.67. The first-order valence-electron chi connectivity index (χ1n) is 6.31. The van der Waals surface area contributed by atoms with Gasteiger partial charge in [-0.1, -0.05) is 6.92 Å². The Morgan fingerprint density at radius 1 is 1.26 bits per heavy atom. The molecule has 0 aliphatic rings. The predicted octanol–water partition coefficient (Wildman–Crippen LogP) is 2.37. The molecule has 106 valence electrons. The summed E-state index contributed by atoms with van der Waals surface area (Å²) in [5.41, 5.74) is 4.36. The summed E-state index contributed by atoms with van der Waals surface area (Å²) in [4.78, 5) is 23.2. The van der Waals surface area contributed by atoms with Gasteiger partial charge in [-0.05, 0) is 33.3 Å². The number of nitrogens with zero attached hydrogens (tertiary/aromatic N) is 1. The summed E-state index contributed by atoms with van der Waals surface area (Å²) < 4.78 is 11.4. The highest BCUT2D eigenvalue weighted by atomic mass is 16.6. The average molecular weight is 268 g/mol. The van der Waals surface area contributed by atoms with Crippen molar-refractivity contribution >= 4 is 12.1 Å². The van der Waals surface area contributed by atoms with Crippen molar-refractivity contribution in [2.45, 2.75) is 34.1 Å². The molecule has 1 aromatic rings. The van der Waals surface area contributed by atoms with Crippen LogP contribution in [0.3, 0.4) is 0 Å². The van der Waals surface area contributed by atoms with Gasteiger partial charge in [-0.3, -0.25) is 4.68 Å². The van der Waals surface area contributed by atoms with E-state index in [9.17, 15) is 9.59 Å². The van der Waals surface area contributed by atoms with Gasteiger partial charge < -0.3 is 9.47 Å². The minimum absolute atomic E-state index is 0.314. The molecule has 0 bridgehead atoms. The molecule has 0 aliphatic carbocycles. The van der Waals surface area contributed by atoms with E-state index in [0.717, 1.165) is 12.1 Å². The Bertz CT molecular complexity index is 465. The highest BCUT2D eigenvalue weighted by molar-refractivity contribution is 5.91. The molecular formula is C13H20N2O4. The number of amides is 1. The van der Waals surface area contributed by atoms with Crippen LogP contribution in [-0.4, -0.2) is 30.0 Å². The van der Waals surface area contributed by atoms with Crippen molar-refractivity contribution in [2.75, 3.05) is 18.6 Å². The largest absolute Gasteiger partial charge is 0.462 e. The Hall–Kier alpha value is -1.98. The van der Waals surface area contributed by atoms with Gasteiger partial charge in [0.25, 0.3) is 0 Å². The Kier molecular flexibility index (Phi) is 5.41. The third kappa shape index (κ3) is 3.74. The molecule has 0 spiro atoms. The van der Waals surface area contributed by atoms with Crippen molar-refractivity contribution in [3.63, 3.8) is 0 Å². The van der Waals surface area contributed by atoms with E-state index in [1.165, 1.54) is 4.68 Å². The van der Waals surface area contributed by atoms with E-state index < -0.39 is 12.1 Å². The lowest BCUT2D eigenvalue weighted by Gasteiger charge is -2.11. The van der Waals surface area contributed by atoms with Crippen molar-refractivity contribution in [1.82, 2.24) is 4.68 Å². The van der Waals surface area contributed by atoms with Gasteiger partial charge in [-0.15, -0.1) is 0 Å². The topological polar surface area (TPSA) is 69.6 Å². The highest BCUT2D eigenvalue weighted by Crippen LogP contribution is 2.14. The van der Waals surface area contributed by atoms with Crippen LogP contribution in [0.2, 0.25) is 0 Å². The molecule has 1 amide bonds. The van der Waals surface area contributed by atoms with Crippen LogP contribution in [0.15, 0.2) is 6.07 Å². The summed E-state index contributed by atoms with van der Waals surface area (Å²) in [5.74, 6) is -0.398. The van der Waals surface area contributed by atoms with Crippen LogP contribution >= 0.6 is 0 Å². The van der Waals surface area contributed by atoms with E-state index in [2.05, 4.69) is 5.43 Å². The number of aromatic nitrogens is 1. The monoisotopic (exact) mass is 268 g/mol. The third-order valence-electron chi connectivity index (χ3n) is 2.57. The summed E-state index contributed by atoms with van der Waals surface area (Å²) in [6.07, 6.45) is 0.213. The Morgan fingerprint density at radius 2 is 1.95 bits per heavy atom. The van der Waals surface area contributed by atoms with Gasteiger partial charge in [0.2, 0.25) is 0 Å². The van der Waals surface area contributed by atoms with Gasteiger partial charge in [0.15, 0.2) is 0 Å². The Balaban J connectivity index is 2.85. The molecule has 1 N–H and O–H groups in total. The van der Waals surface area contributed by atoms with Gasteiger partial charge in [0.05, 0.1) is 24.5 Å². The van der Waals surface area contributed by atoms with Crippen LogP contribution in [0.1, 0.15) is 42.0 Å². The van der Waals surface area contributed by atoms with Crippen LogP contribution in [0, 0.1) is 13.8 Å². The fourth-order valence-electron chi connectivity index (χ4n) is 1.67. The number of esters is 1. The zero-order chi connectivity index (χ0) is 14.4. The second-order valence-corrected chi connectivity index (χ2v) is 4.09. The zero-order valence-corrected chi connectivity index (χ0v) is 11.8. The van der Waals surface area contributed by atoms with Crippen LogP contribution in [-0.2, 0) is 9.47 Å². The second kappa shape index (κ2) is 6.82. The van der Waals surface area contributed by atoms with Crippen molar-refractivity contribution in [2.24, 2.45) is 0 Å². The number of nitrogens with one attached hydrogen (secondary N) is 1. The Labute approximate surface area is 112 Å². The molecule has 0 fully saturated rings. The quantitative estimate of drug-likeness (QED) is 0.832. The zero-order valence-electron chi connectivity index (χ0n) is 11.8. The lowest BCUT2D eigenvalue weighted by molar-refractivity contribution is 0.0525. The lowest BCUT2D eigenvalue weighted by Crippen LogP contribution is -2.26. The molecular weight excluding hydrogens is 248 g/mol. The summed E-state index contributed by atoms with van der Waals surface area (Å²) >= 11 is 0. The molecule has 0 saturated carbocycles. The first kappa shape index (κ1) is 15.1. The van der Waals surface area contributed by atoms with Crippen molar-refractivity contribution in [3.8, 4) is 0 Å². The van der Waals surface area contributed by atoms with Gasteiger partial charge in [0, 0.05) is 5.69 Å². The first-order valence-corrected chi connectivity index (χ1v) is 6.31. The molecule has 0 aromatic carbocycles. The number of carbonyl (C=O) groups excluding carboxylic acids is 2. The molecule has 0 radical (unpaired) electrons. The fraction of sp³-hybridized carbons (Fsp3) is 0.538. The minimum atomic E-state index is -0.543. The number of aryl methyl sites for hydroxylation is 1. The first-order chi connectivity index (χ1) is 9.01. The third-order valence-corrected chi connectivity index (χ3v) is 2.57. The molecule has 6 nitrogen and oxygen atoms in total. The number of rotatable bonds is 5. The molecule has 1 rings (SSSR count). The standard InChI is InChI=1S/C13H20N2O4/c1-5-7-19-13(17)14-15-9(3)8-11(10(15)4)12(16)18-6-2/h8H,5-7H2,1-4H3,(H,14,17). The van der Waals surface area contributed by atoms with Crippen LogP contribution < -0.4 is 5.43 Å². The summed E-state index contributed by atoms with van der Waals surface area (Å²) in [6.45, 7) is 7.86. The number of ether oxygens (including phenoxy) is 2. The van der Waals surface area contributed by atoms with E-state index in [-0.39, 0.29) is 0 Å². The molecule has 0 aliphatic heterocycles. The number of hydrogen-bond donors (Lipinski definition) is 1. The molecule has 1 heterocycles. The maximum Gasteiger partial charge on any atom is 0.426 e. The van der Waals surface area contributed by atoms with Gasteiger partial charge in [-0.2, -0.15) is 0 Å². The highest BCUT2D eigenvalue weighted by Gasteiger charge is 2.18. The van der Waals surface area contributed by atoms with Gasteiger partial charge >= 0.3 is 12.1 Å². The van der Waals surface area contributed by atoms with Crippen LogP contribution in [0.5, 0.6) is 0 Å². The average Bonchev–Trinajstić information content (AvgIpc) is 2.64. The smallest absolute Gasteiger partial charge is 0.426 e. The number of carbonyl (C=O) groups is 2. The fourth-order valence-corrected chi connectivity index (χ4v) is 1.67. The van der Waals surface area contributed by atoms with E-state index in [1.807, 2.05) is 6.92 Å². The minimum Gasteiger partial charge on any atom is -0.462 e. The number of hydrogen-bond acceptors (Lipinski definition) is 4. The van der Waals surface area contributed by atoms with E-state index >= 15 is 0 Å². The summed E-state index contributed by atoms with van der Waals surface area (Å²) in [5, 5.41) is 0. The normalized spacial score (nSPS) is 10.1. The molecule has 1 aromatic heterocycles. The lowest BCUT2D eigenvalue weighted by atomic mass is 10.2.